The van der Waals surface area contributed by atoms with E-state index in [9.17, 15) is 4.79 Å². The molecule has 0 unspecified atom stereocenters. The summed E-state index contributed by atoms with van der Waals surface area (Å²) >= 11 is 5.99. The van der Waals surface area contributed by atoms with Gasteiger partial charge in [-0.2, -0.15) is 5.10 Å². The molecule has 26 heavy (non-hydrogen) atoms. The van der Waals surface area contributed by atoms with Crippen LogP contribution >= 0.6 is 11.6 Å². The lowest BCUT2D eigenvalue weighted by molar-refractivity contribution is 0.206. The summed E-state index contributed by atoms with van der Waals surface area (Å²) in [5.74, 6) is 0. The van der Waals surface area contributed by atoms with Crippen molar-refractivity contribution in [1.29, 1.82) is 0 Å². The second-order valence-electron chi connectivity index (χ2n) is 6.51. The topological polar surface area (TPSA) is 61.0 Å². The van der Waals surface area contributed by atoms with E-state index < -0.39 is 0 Å². The van der Waals surface area contributed by atoms with Gasteiger partial charge in [-0.05, 0) is 25.1 Å². The molecule has 132 valence electrons. The molecule has 2 N–H and O–H groups in total. The normalized spacial score (nSPS) is 13.4. The molecule has 1 aliphatic heterocycles. The summed E-state index contributed by atoms with van der Waals surface area (Å²) in [6.45, 7) is 3.24. The average molecular weight is 367 g/mol. The van der Waals surface area contributed by atoms with Crippen molar-refractivity contribution in [1.82, 2.24) is 15.1 Å². The second kappa shape index (κ2) is 6.84. The van der Waals surface area contributed by atoms with Crippen molar-refractivity contribution < 1.29 is 4.79 Å². The zero-order chi connectivity index (χ0) is 18.1. The quantitative estimate of drug-likeness (QED) is 0.694. The monoisotopic (exact) mass is 366 g/mol. The van der Waals surface area contributed by atoms with Crippen LogP contribution in [0.2, 0.25) is 5.02 Å². The van der Waals surface area contributed by atoms with Gasteiger partial charge >= 0.3 is 6.03 Å². The number of fused-ring (bicyclic) bond motifs is 1. The number of benzene rings is 2. The Kier molecular flexibility index (Phi) is 4.39. The van der Waals surface area contributed by atoms with Gasteiger partial charge in [0.15, 0.2) is 0 Å². The maximum absolute atomic E-state index is 12.6. The predicted octanol–water partition coefficient (Wildman–Crippen LogP) is 4.63. The Balaban J connectivity index is 1.54. The number of hydrogen-bond acceptors (Lipinski definition) is 2. The number of rotatable bonds is 2. The fraction of sp³-hybridized carbons (Fsp3) is 0.200. The van der Waals surface area contributed by atoms with E-state index in [0.29, 0.717) is 23.8 Å². The summed E-state index contributed by atoms with van der Waals surface area (Å²) in [7, 11) is 0. The molecular formula is C20H19ClN4O. The number of nitrogens with one attached hydrogen (secondary N) is 2. The summed E-state index contributed by atoms with van der Waals surface area (Å²) in [4.78, 5) is 14.4. The summed E-state index contributed by atoms with van der Waals surface area (Å²) in [5.41, 5.74) is 6.07. The lowest BCUT2D eigenvalue weighted by atomic mass is 10.0. The Labute approximate surface area is 157 Å². The van der Waals surface area contributed by atoms with Crippen LogP contribution in [-0.4, -0.2) is 27.7 Å². The molecule has 0 fully saturated rings. The molecule has 5 nitrogen and oxygen atoms in total. The first-order chi connectivity index (χ1) is 12.6. The number of aromatic nitrogens is 2. The Morgan fingerprint density at radius 3 is 2.81 bits per heavy atom. The molecule has 2 aromatic carbocycles. The van der Waals surface area contributed by atoms with E-state index in [1.54, 1.807) is 17.0 Å². The molecule has 4 rings (SSSR count). The SMILES string of the molecule is Cc1ccc(-c2n[nH]c3c2CN(C(=O)Nc2cccc(Cl)c2)CC3)cc1. The summed E-state index contributed by atoms with van der Waals surface area (Å²) < 4.78 is 0. The molecular weight excluding hydrogens is 348 g/mol. The molecule has 1 aromatic heterocycles. The van der Waals surface area contributed by atoms with Crippen molar-refractivity contribution in [2.75, 3.05) is 11.9 Å². The Bertz CT molecular complexity index is 949. The number of anilines is 1. The van der Waals surface area contributed by atoms with Gasteiger partial charge in [0.2, 0.25) is 0 Å². The van der Waals surface area contributed by atoms with Gasteiger partial charge in [-0.1, -0.05) is 47.5 Å². The number of amides is 2. The highest BCUT2D eigenvalue weighted by Gasteiger charge is 2.25. The number of urea groups is 1. The highest BCUT2D eigenvalue weighted by molar-refractivity contribution is 6.30. The molecule has 0 aliphatic carbocycles. The molecule has 0 atom stereocenters. The van der Waals surface area contributed by atoms with Crippen LogP contribution in [0, 0.1) is 6.92 Å². The summed E-state index contributed by atoms with van der Waals surface area (Å²) in [6.07, 6.45) is 0.761. The second-order valence-corrected chi connectivity index (χ2v) is 6.94. The molecule has 1 aliphatic rings. The van der Waals surface area contributed by atoms with E-state index in [1.807, 2.05) is 12.1 Å². The minimum atomic E-state index is -0.131. The van der Waals surface area contributed by atoms with Crippen LogP contribution < -0.4 is 5.32 Å². The van der Waals surface area contributed by atoms with Crippen molar-refractivity contribution in [3.63, 3.8) is 0 Å². The lowest BCUT2D eigenvalue weighted by Crippen LogP contribution is -2.38. The Hall–Kier alpha value is -2.79. The van der Waals surface area contributed by atoms with Crippen molar-refractivity contribution >= 4 is 23.3 Å². The molecule has 0 spiro atoms. The molecule has 2 amide bonds. The van der Waals surface area contributed by atoms with Crippen LogP contribution in [-0.2, 0) is 13.0 Å². The number of aromatic amines is 1. The highest BCUT2D eigenvalue weighted by Crippen LogP contribution is 2.29. The third-order valence-electron chi connectivity index (χ3n) is 4.62. The number of carbonyl (C=O) groups excluding carboxylic acids is 1. The van der Waals surface area contributed by atoms with Crippen molar-refractivity contribution in [3.05, 3.63) is 70.4 Å². The van der Waals surface area contributed by atoms with Crippen molar-refractivity contribution in [2.24, 2.45) is 0 Å². The minimum Gasteiger partial charge on any atom is -0.320 e. The van der Waals surface area contributed by atoms with E-state index in [-0.39, 0.29) is 6.03 Å². The van der Waals surface area contributed by atoms with Gasteiger partial charge in [0.1, 0.15) is 0 Å². The van der Waals surface area contributed by atoms with Crippen LogP contribution in [0.3, 0.4) is 0 Å². The van der Waals surface area contributed by atoms with Crippen LogP contribution in [0.15, 0.2) is 48.5 Å². The number of carbonyl (C=O) groups is 1. The number of aryl methyl sites for hydroxylation is 1. The standard InChI is InChI=1S/C20H19ClN4O/c1-13-5-7-14(8-6-13)19-17-12-25(10-9-18(17)23-24-19)20(26)22-16-4-2-3-15(21)11-16/h2-8,11H,9-10,12H2,1H3,(H,22,26)(H,23,24). The van der Waals surface area contributed by atoms with Crippen LogP contribution in [0.5, 0.6) is 0 Å². The predicted molar refractivity (Wildman–Crippen MR) is 103 cm³/mol. The number of nitrogens with zero attached hydrogens (tertiary/aromatic N) is 2. The van der Waals surface area contributed by atoms with Crippen molar-refractivity contribution in [3.8, 4) is 11.3 Å². The largest absolute Gasteiger partial charge is 0.322 e. The molecule has 6 heteroatoms. The van der Waals surface area contributed by atoms with E-state index in [4.69, 9.17) is 11.6 Å². The van der Waals surface area contributed by atoms with Crippen molar-refractivity contribution in [2.45, 2.75) is 19.9 Å². The third kappa shape index (κ3) is 3.30. The number of H-pyrrole nitrogens is 1. The molecule has 0 bridgehead atoms. The lowest BCUT2D eigenvalue weighted by Gasteiger charge is -2.27. The van der Waals surface area contributed by atoms with Gasteiger partial charge in [0, 0.05) is 40.5 Å². The first kappa shape index (κ1) is 16.7. The fourth-order valence-corrected chi connectivity index (χ4v) is 3.38. The fourth-order valence-electron chi connectivity index (χ4n) is 3.19. The van der Waals surface area contributed by atoms with E-state index >= 15 is 0 Å². The zero-order valence-corrected chi connectivity index (χ0v) is 15.2. The first-order valence-corrected chi connectivity index (χ1v) is 8.92. The maximum atomic E-state index is 12.6. The average Bonchev–Trinajstić information content (AvgIpc) is 3.05. The van der Waals surface area contributed by atoms with Gasteiger partial charge in [-0.25, -0.2) is 4.79 Å². The minimum absolute atomic E-state index is 0.131. The summed E-state index contributed by atoms with van der Waals surface area (Å²) in [6, 6.07) is 15.3. The van der Waals surface area contributed by atoms with E-state index in [0.717, 1.165) is 28.9 Å². The van der Waals surface area contributed by atoms with Crippen LogP contribution in [0.1, 0.15) is 16.8 Å². The molecule has 0 radical (unpaired) electrons. The molecule has 3 aromatic rings. The molecule has 2 heterocycles. The van der Waals surface area contributed by atoms with E-state index in [2.05, 4.69) is 46.7 Å². The van der Waals surface area contributed by atoms with Gasteiger partial charge in [0.05, 0.1) is 12.2 Å². The Morgan fingerprint density at radius 2 is 2.04 bits per heavy atom. The highest BCUT2D eigenvalue weighted by atomic mass is 35.5. The molecule has 0 saturated heterocycles. The van der Waals surface area contributed by atoms with Gasteiger partial charge in [0.25, 0.3) is 0 Å². The number of halogens is 1. The van der Waals surface area contributed by atoms with Gasteiger partial charge < -0.3 is 10.2 Å². The smallest absolute Gasteiger partial charge is 0.320 e. The third-order valence-corrected chi connectivity index (χ3v) is 4.86. The van der Waals surface area contributed by atoms with E-state index in [1.165, 1.54) is 5.56 Å². The Morgan fingerprint density at radius 1 is 1.23 bits per heavy atom. The first-order valence-electron chi connectivity index (χ1n) is 8.55. The number of hydrogen-bond donors (Lipinski definition) is 2. The molecule has 0 saturated carbocycles. The maximum Gasteiger partial charge on any atom is 0.322 e. The van der Waals surface area contributed by atoms with Gasteiger partial charge in [-0.3, -0.25) is 5.10 Å². The zero-order valence-electron chi connectivity index (χ0n) is 14.4. The summed E-state index contributed by atoms with van der Waals surface area (Å²) in [5, 5.41) is 11.1. The van der Waals surface area contributed by atoms with Gasteiger partial charge in [-0.15, -0.1) is 0 Å². The van der Waals surface area contributed by atoms with Crippen LogP contribution in [0.25, 0.3) is 11.3 Å². The van der Waals surface area contributed by atoms with Crippen LogP contribution in [0.4, 0.5) is 10.5 Å².